The maximum Gasteiger partial charge on any atom is 0.287 e. The quantitative estimate of drug-likeness (QED) is 0.621. The molecule has 2 aromatic rings. The molecule has 6 heteroatoms. The maximum atomic E-state index is 10.9. The molecule has 0 radical (unpaired) electrons. The Kier molecular flexibility index (Phi) is 3.57. The normalized spacial score (nSPS) is 10.1. The number of nitro groups is 1. The summed E-state index contributed by atoms with van der Waals surface area (Å²) in [5, 5.41) is 24.1. The number of rotatable bonds is 4. The Hall–Kier alpha value is -2.68. The van der Waals surface area contributed by atoms with Crippen LogP contribution in [0.3, 0.4) is 0 Å². The van der Waals surface area contributed by atoms with E-state index in [-0.39, 0.29) is 11.3 Å². The van der Waals surface area contributed by atoms with Crippen LogP contribution in [0.1, 0.15) is 18.9 Å². The molecule has 0 atom stereocenters. The van der Waals surface area contributed by atoms with E-state index >= 15 is 0 Å². The second-order valence-electron chi connectivity index (χ2n) is 4.06. The third kappa shape index (κ3) is 2.60. The van der Waals surface area contributed by atoms with Crippen molar-refractivity contribution >= 4 is 5.69 Å². The van der Waals surface area contributed by atoms with Crippen molar-refractivity contribution in [1.29, 1.82) is 5.26 Å². The van der Waals surface area contributed by atoms with Crippen molar-refractivity contribution in [1.82, 2.24) is 9.78 Å². The van der Waals surface area contributed by atoms with Gasteiger partial charge in [0, 0.05) is 24.4 Å². The molecule has 0 fully saturated rings. The summed E-state index contributed by atoms with van der Waals surface area (Å²) in [6, 6.07) is 8.13. The highest BCUT2D eigenvalue weighted by atomic mass is 16.6. The summed E-state index contributed by atoms with van der Waals surface area (Å²) in [5.41, 5.74) is 1.17. The van der Waals surface area contributed by atoms with Gasteiger partial charge in [-0.1, -0.05) is 13.0 Å². The highest BCUT2D eigenvalue weighted by molar-refractivity contribution is 5.65. The molecule has 1 aromatic heterocycles. The van der Waals surface area contributed by atoms with Crippen LogP contribution < -0.4 is 0 Å². The lowest BCUT2D eigenvalue weighted by atomic mass is 10.1. The summed E-state index contributed by atoms with van der Waals surface area (Å²) in [7, 11) is 0. The van der Waals surface area contributed by atoms with Crippen LogP contribution in [0.15, 0.2) is 30.5 Å². The Morgan fingerprint density at radius 2 is 2.26 bits per heavy atom. The van der Waals surface area contributed by atoms with E-state index < -0.39 is 4.92 Å². The smallest absolute Gasteiger partial charge is 0.272 e. The van der Waals surface area contributed by atoms with Gasteiger partial charge in [-0.25, -0.2) is 0 Å². The van der Waals surface area contributed by atoms with Crippen molar-refractivity contribution in [3.63, 3.8) is 0 Å². The first-order valence-electron chi connectivity index (χ1n) is 5.88. The van der Waals surface area contributed by atoms with Crippen molar-refractivity contribution in [2.45, 2.75) is 19.9 Å². The van der Waals surface area contributed by atoms with E-state index in [0.29, 0.717) is 11.3 Å². The number of hydrogen-bond acceptors (Lipinski definition) is 4. The van der Waals surface area contributed by atoms with Gasteiger partial charge in [0.05, 0.1) is 10.6 Å². The molecule has 0 saturated carbocycles. The van der Waals surface area contributed by atoms with Crippen molar-refractivity contribution < 1.29 is 4.92 Å². The van der Waals surface area contributed by atoms with Gasteiger partial charge in [0.2, 0.25) is 0 Å². The number of hydrogen-bond donors (Lipinski definition) is 0. The zero-order valence-corrected chi connectivity index (χ0v) is 10.4. The molecule has 6 nitrogen and oxygen atoms in total. The van der Waals surface area contributed by atoms with Crippen LogP contribution in [-0.2, 0) is 6.54 Å². The van der Waals surface area contributed by atoms with Crippen LogP contribution in [0, 0.1) is 21.4 Å². The molecule has 0 unspecified atom stereocenters. The molecule has 19 heavy (non-hydrogen) atoms. The number of benzene rings is 1. The molecule has 0 N–H and O–H groups in total. The molecule has 2 rings (SSSR count). The van der Waals surface area contributed by atoms with Gasteiger partial charge >= 0.3 is 0 Å². The van der Waals surface area contributed by atoms with Gasteiger partial charge in [0.25, 0.3) is 5.69 Å². The topological polar surface area (TPSA) is 84.8 Å². The number of aryl methyl sites for hydroxylation is 1. The second kappa shape index (κ2) is 5.31. The summed E-state index contributed by atoms with van der Waals surface area (Å²) in [6.45, 7) is 2.85. The zero-order chi connectivity index (χ0) is 13.8. The molecule has 0 bridgehead atoms. The number of nitrogens with zero attached hydrogens (tertiary/aromatic N) is 4. The van der Waals surface area contributed by atoms with Crippen molar-refractivity contribution in [3.8, 4) is 17.3 Å². The number of nitro benzene ring substituents is 1. The number of aromatic nitrogens is 2. The summed E-state index contributed by atoms with van der Waals surface area (Å²) >= 11 is 0. The SMILES string of the molecule is CCCn1ccc(-c2ccc(C#N)c([N+](=O)[O-])c2)n1. The molecule has 0 aliphatic heterocycles. The van der Waals surface area contributed by atoms with Crippen molar-refractivity contribution in [2.24, 2.45) is 0 Å². The average Bonchev–Trinajstić information content (AvgIpc) is 2.87. The first-order valence-corrected chi connectivity index (χ1v) is 5.88. The fraction of sp³-hybridized carbons (Fsp3) is 0.231. The molecule has 0 aliphatic carbocycles. The molecular formula is C13H12N4O2. The molecule has 0 spiro atoms. The highest BCUT2D eigenvalue weighted by Crippen LogP contribution is 2.25. The van der Waals surface area contributed by atoms with Crippen LogP contribution in [0.4, 0.5) is 5.69 Å². The predicted molar refractivity (Wildman–Crippen MR) is 69.3 cm³/mol. The Bertz CT molecular complexity index is 655. The fourth-order valence-corrected chi connectivity index (χ4v) is 1.81. The van der Waals surface area contributed by atoms with Crippen molar-refractivity contribution in [2.75, 3.05) is 0 Å². The zero-order valence-electron chi connectivity index (χ0n) is 10.4. The number of nitriles is 1. The van der Waals surface area contributed by atoms with Gasteiger partial charge in [0.1, 0.15) is 11.6 Å². The van der Waals surface area contributed by atoms with E-state index in [1.165, 1.54) is 12.1 Å². The van der Waals surface area contributed by atoms with Crippen LogP contribution in [0.25, 0.3) is 11.3 Å². The van der Waals surface area contributed by atoms with Crippen LogP contribution in [-0.4, -0.2) is 14.7 Å². The third-order valence-corrected chi connectivity index (χ3v) is 2.70. The standard InChI is InChI=1S/C13H12N4O2/c1-2-6-16-7-5-12(15-16)10-3-4-11(9-14)13(8-10)17(18)19/h3-5,7-8H,2,6H2,1H3. The molecule has 96 valence electrons. The molecule has 1 heterocycles. The Labute approximate surface area is 110 Å². The summed E-state index contributed by atoms with van der Waals surface area (Å²) in [6.07, 6.45) is 2.80. The Morgan fingerprint density at radius 3 is 2.89 bits per heavy atom. The average molecular weight is 256 g/mol. The minimum atomic E-state index is -0.551. The molecular weight excluding hydrogens is 244 g/mol. The van der Waals surface area contributed by atoms with Gasteiger partial charge < -0.3 is 0 Å². The fourth-order valence-electron chi connectivity index (χ4n) is 1.81. The minimum Gasteiger partial charge on any atom is -0.272 e. The minimum absolute atomic E-state index is 0.0572. The first kappa shape index (κ1) is 12.8. The molecule has 0 aliphatic rings. The highest BCUT2D eigenvalue weighted by Gasteiger charge is 2.15. The lowest BCUT2D eigenvalue weighted by molar-refractivity contribution is -0.385. The molecule has 0 amide bonds. The summed E-state index contributed by atoms with van der Waals surface area (Å²) in [5.74, 6) is 0. The van der Waals surface area contributed by atoms with Gasteiger partial charge in [0.15, 0.2) is 0 Å². The van der Waals surface area contributed by atoms with Crippen LogP contribution in [0.5, 0.6) is 0 Å². The monoisotopic (exact) mass is 256 g/mol. The van der Waals surface area contributed by atoms with E-state index in [1.807, 2.05) is 19.2 Å². The maximum absolute atomic E-state index is 10.9. The Morgan fingerprint density at radius 1 is 1.47 bits per heavy atom. The van der Waals surface area contributed by atoms with E-state index in [1.54, 1.807) is 16.8 Å². The van der Waals surface area contributed by atoms with Gasteiger partial charge in [-0.05, 0) is 18.6 Å². The Balaban J connectivity index is 2.42. The van der Waals surface area contributed by atoms with Crippen molar-refractivity contribution in [3.05, 3.63) is 46.1 Å². The van der Waals surface area contributed by atoms with Crippen LogP contribution >= 0.6 is 0 Å². The molecule has 0 saturated heterocycles. The first-order chi connectivity index (χ1) is 9.15. The largest absolute Gasteiger partial charge is 0.287 e. The van der Waals surface area contributed by atoms with E-state index in [0.717, 1.165) is 13.0 Å². The lowest BCUT2D eigenvalue weighted by Crippen LogP contribution is -1.97. The van der Waals surface area contributed by atoms with Gasteiger partial charge in [-0.15, -0.1) is 0 Å². The molecule has 1 aromatic carbocycles. The summed E-state index contributed by atoms with van der Waals surface area (Å²) < 4.78 is 1.79. The summed E-state index contributed by atoms with van der Waals surface area (Å²) in [4.78, 5) is 10.4. The van der Waals surface area contributed by atoms with E-state index in [9.17, 15) is 10.1 Å². The van der Waals surface area contributed by atoms with Gasteiger partial charge in [-0.3, -0.25) is 14.8 Å². The van der Waals surface area contributed by atoms with Crippen LogP contribution in [0.2, 0.25) is 0 Å². The van der Waals surface area contributed by atoms with E-state index in [4.69, 9.17) is 5.26 Å². The van der Waals surface area contributed by atoms with E-state index in [2.05, 4.69) is 5.10 Å². The van der Waals surface area contributed by atoms with Gasteiger partial charge in [-0.2, -0.15) is 10.4 Å². The predicted octanol–water partition coefficient (Wildman–Crippen LogP) is 2.74. The lowest BCUT2D eigenvalue weighted by Gasteiger charge is -2.00. The third-order valence-electron chi connectivity index (χ3n) is 2.70. The second-order valence-corrected chi connectivity index (χ2v) is 4.06.